The van der Waals surface area contributed by atoms with Crippen LogP contribution in [0.4, 0.5) is 0 Å². The number of aliphatic hydroxyl groups is 1. The van der Waals surface area contributed by atoms with Gasteiger partial charge in [0.05, 0.1) is 3.79 Å². The minimum Gasteiger partial charge on any atom is -0.378 e. The average Bonchev–Trinajstić information content (AvgIpc) is 2.30. The molecule has 0 saturated heterocycles. The summed E-state index contributed by atoms with van der Waals surface area (Å²) in [4.78, 5) is 11.1. The van der Waals surface area contributed by atoms with Gasteiger partial charge in [0.2, 0.25) is 0 Å². The summed E-state index contributed by atoms with van der Waals surface area (Å²) in [6.45, 7) is 0. The third kappa shape index (κ3) is 2.07. The van der Waals surface area contributed by atoms with Crippen LogP contribution in [0.15, 0.2) is 14.3 Å². The lowest BCUT2D eigenvalue weighted by atomic mass is 10.3. The zero-order valence-electron chi connectivity index (χ0n) is 5.75. The maximum atomic E-state index is 10.6. The molecule has 0 spiro atoms. The zero-order chi connectivity index (χ0) is 9.30. The normalized spacial score (nSPS) is 12.9. The van der Waals surface area contributed by atoms with Crippen molar-refractivity contribution in [2.75, 3.05) is 0 Å². The highest BCUT2D eigenvalue weighted by Gasteiger charge is 2.17. The van der Waals surface area contributed by atoms with Crippen LogP contribution >= 0.6 is 43.2 Å². The monoisotopic (exact) mass is 313 g/mol. The van der Waals surface area contributed by atoms with E-state index in [1.54, 1.807) is 6.07 Å². The van der Waals surface area contributed by atoms with E-state index in [1.165, 1.54) is 11.3 Å². The molecule has 1 rings (SSSR count). The number of primary amides is 1. The molecule has 0 saturated carbocycles. The van der Waals surface area contributed by atoms with Crippen molar-refractivity contribution >= 4 is 49.1 Å². The smallest absolute Gasteiger partial charge is 0.251 e. The Balaban J connectivity index is 2.96. The number of amides is 1. The quantitative estimate of drug-likeness (QED) is 0.874. The van der Waals surface area contributed by atoms with E-state index in [2.05, 4.69) is 31.9 Å². The van der Waals surface area contributed by atoms with Crippen molar-refractivity contribution in [3.05, 3.63) is 19.2 Å². The first-order chi connectivity index (χ1) is 5.52. The minimum atomic E-state index is -1.21. The second kappa shape index (κ2) is 3.87. The van der Waals surface area contributed by atoms with Crippen LogP contribution in [0.2, 0.25) is 0 Å². The van der Waals surface area contributed by atoms with Crippen molar-refractivity contribution in [3.63, 3.8) is 0 Å². The number of nitrogens with two attached hydrogens (primary N) is 1. The van der Waals surface area contributed by atoms with Crippen LogP contribution in [0.5, 0.6) is 0 Å². The summed E-state index contributed by atoms with van der Waals surface area (Å²) in [7, 11) is 0. The van der Waals surface area contributed by atoms with Crippen LogP contribution in [0.3, 0.4) is 0 Å². The third-order valence-electron chi connectivity index (χ3n) is 1.20. The summed E-state index contributed by atoms with van der Waals surface area (Å²) in [5, 5.41) is 9.23. The highest BCUT2D eigenvalue weighted by molar-refractivity contribution is 9.13. The van der Waals surface area contributed by atoms with Crippen molar-refractivity contribution < 1.29 is 9.90 Å². The van der Waals surface area contributed by atoms with Crippen molar-refractivity contribution in [3.8, 4) is 0 Å². The summed E-state index contributed by atoms with van der Waals surface area (Å²) in [5.74, 6) is -0.740. The number of thiophene rings is 1. The number of aliphatic hydroxyl groups excluding tert-OH is 1. The van der Waals surface area contributed by atoms with E-state index in [0.29, 0.717) is 4.88 Å². The molecule has 6 heteroatoms. The zero-order valence-corrected chi connectivity index (χ0v) is 9.74. The van der Waals surface area contributed by atoms with Gasteiger partial charge in [0.15, 0.2) is 6.10 Å². The molecular formula is C6H5Br2NO2S. The molecule has 0 radical (unpaired) electrons. The predicted octanol–water partition coefficient (Wildman–Crippen LogP) is 1.79. The summed E-state index contributed by atoms with van der Waals surface area (Å²) in [6.07, 6.45) is -1.21. The Morgan fingerprint density at radius 1 is 1.67 bits per heavy atom. The fourth-order valence-corrected chi connectivity index (χ4v) is 2.72. The third-order valence-corrected chi connectivity index (χ3v) is 4.51. The Bertz CT molecular complexity index is 293. The van der Waals surface area contributed by atoms with E-state index in [0.717, 1.165) is 8.26 Å². The van der Waals surface area contributed by atoms with Crippen LogP contribution in [0, 0.1) is 0 Å². The van der Waals surface area contributed by atoms with E-state index in [9.17, 15) is 9.90 Å². The molecule has 12 heavy (non-hydrogen) atoms. The van der Waals surface area contributed by atoms with Gasteiger partial charge in [-0.2, -0.15) is 0 Å². The molecule has 66 valence electrons. The van der Waals surface area contributed by atoms with Gasteiger partial charge in [-0.05, 0) is 37.9 Å². The summed E-state index contributed by atoms with van der Waals surface area (Å²) < 4.78 is 1.64. The van der Waals surface area contributed by atoms with Gasteiger partial charge in [-0.3, -0.25) is 4.79 Å². The van der Waals surface area contributed by atoms with E-state index in [-0.39, 0.29) is 0 Å². The number of hydrogen-bond acceptors (Lipinski definition) is 3. The fourth-order valence-electron chi connectivity index (χ4n) is 0.638. The molecular weight excluding hydrogens is 310 g/mol. The molecule has 0 aliphatic rings. The second-order valence-electron chi connectivity index (χ2n) is 2.08. The highest BCUT2D eigenvalue weighted by Crippen LogP contribution is 2.35. The van der Waals surface area contributed by atoms with Crippen molar-refractivity contribution in [1.82, 2.24) is 0 Å². The number of carbonyl (C=O) groups excluding carboxylic acids is 1. The highest BCUT2D eigenvalue weighted by atomic mass is 79.9. The molecule has 1 aromatic rings. The van der Waals surface area contributed by atoms with Crippen LogP contribution in [-0.2, 0) is 4.79 Å². The SMILES string of the molecule is NC(=O)C(O)c1cc(Br)c(Br)s1. The van der Waals surface area contributed by atoms with Crippen molar-refractivity contribution in [2.45, 2.75) is 6.10 Å². The van der Waals surface area contributed by atoms with E-state index >= 15 is 0 Å². The first-order valence-electron chi connectivity index (χ1n) is 2.94. The molecule has 3 nitrogen and oxygen atoms in total. The lowest BCUT2D eigenvalue weighted by molar-refractivity contribution is -0.126. The number of carbonyl (C=O) groups is 1. The Morgan fingerprint density at radius 2 is 2.25 bits per heavy atom. The van der Waals surface area contributed by atoms with E-state index in [1.807, 2.05) is 0 Å². The molecule has 1 amide bonds. The molecule has 0 aromatic carbocycles. The molecule has 0 bridgehead atoms. The van der Waals surface area contributed by atoms with E-state index in [4.69, 9.17) is 5.73 Å². The van der Waals surface area contributed by atoms with Gasteiger partial charge in [-0.1, -0.05) is 0 Å². The van der Waals surface area contributed by atoms with Gasteiger partial charge >= 0.3 is 0 Å². The average molecular weight is 315 g/mol. The Kier molecular flexibility index (Phi) is 3.28. The second-order valence-corrected chi connectivity index (χ2v) is 5.33. The van der Waals surface area contributed by atoms with Crippen molar-refractivity contribution in [2.24, 2.45) is 5.73 Å². The van der Waals surface area contributed by atoms with Gasteiger partial charge < -0.3 is 10.8 Å². The maximum absolute atomic E-state index is 10.6. The van der Waals surface area contributed by atoms with Crippen LogP contribution in [0.1, 0.15) is 11.0 Å². The van der Waals surface area contributed by atoms with Gasteiger partial charge in [-0.15, -0.1) is 11.3 Å². The number of rotatable bonds is 2. The molecule has 0 aliphatic heterocycles. The largest absolute Gasteiger partial charge is 0.378 e. The maximum Gasteiger partial charge on any atom is 0.251 e. The van der Waals surface area contributed by atoms with Gasteiger partial charge in [0, 0.05) is 9.35 Å². The van der Waals surface area contributed by atoms with Gasteiger partial charge in [-0.25, -0.2) is 0 Å². The van der Waals surface area contributed by atoms with Crippen LogP contribution < -0.4 is 5.73 Å². The number of hydrogen-bond donors (Lipinski definition) is 2. The first-order valence-corrected chi connectivity index (χ1v) is 5.34. The summed E-state index contributed by atoms with van der Waals surface area (Å²) >= 11 is 7.75. The van der Waals surface area contributed by atoms with Gasteiger partial charge in [0.1, 0.15) is 0 Å². The van der Waals surface area contributed by atoms with E-state index < -0.39 is 12.0 Å². The minimum absolute atomic E-state index is 0.529. The molecule has 3 N–H and O–H groups in total. The Labute approximate surface area is 89.8 Å². The molecule has 1 aromatic heterocycles. The fraction of sp³-hybridized carbons (Fsp3) is 0.167. The number of halogens is 2. The molecule has 1 heterocycles. The molecule has 0 aliphatic carbocycles. The Morgan fingerprint density at radius 3 is 2.58 bits per heavy atom. The molecule has 1 atom stereocenters. The van der Waals surface area contributed by atoms with Crippen molar-refractivity contribution in [1.29, 1.82) is 0 Å². The van der Waals surface area contributed by atoms with Gasteiger partial charge in [0.25, 0.3) is 5.91 Å². The topological polar surface area (TPSA) is 63.3 Å². The molecule has 0 fully saturated rings. The van der Waals surface area contributed by atoms with Crippen LogP contribution in [-0.4, -0.2) is 11.0 Å². The summed E-state index contributed by atoms with van der Waals surface area (Å²) in [5.41, 5.74) is 4.91. The summed E-state index contributed by atoms with van der Waals surface area (Å²) in [6, 6.07) is 1.66. The lowest BCUT2D eigenvalue weighted by Crippen LogP contribution is -2.19. The first kappa shape index (κ1) is 10.2. The predicted molar refractivity (Wildman–Crippen MR) is 53.9 cm³/mol. The molecule has 1 unspecified atom stereocenters. The van der Waals surface area contributed by atoms with Crippen LogP contribution in [0.25, 0.3) is 0 Å². The standard InChI is InChI=1S/C6H5Br2NO2S/c7-2-1-3(12-5(2)8)4(10)6(9)11/h1,4,10H,(H2,9,11). The lowest BCUT2D eigenvalue weighted by Gasteiger charge is -2.00. The Hall–Kier alpha value is 0.0900.